The van der Waals surface area contributed by atoms with Crippen molar-refractivity contribution >= 4 is 23.5 Å². The van der Waals surface area contributed by atoms with Crippen LogP contribution in [0.2, 0.25) is 5.02 Å². The quantitative estimate of drug-likeness (QED) is 0.680. The lowest BCUT2D eigenvalue weighted by Gasteiger charge is -2.07. The lowest BCUT2D eigenvalue weighted by molar-refractivity contribution is 0.0503. The number of nitrogens with one attached hydrogen (secondary N) is 1. The molecule has 1 N–H and O–H groups in total. The fraction of sp³-hybridized carbons (Fsp3) is 0.133. The molecule has 0 radical (unpaired) electrons. The van der Waals surface area contributed by atoms with Crippen LogP contribution >= 0.6 is 11.6 Å². The molecule has 0 saturated carbocycles. The number of amides is 1. The fourth-order valence-corrected chi connectivity index (χ4v) is 1.80. The van der Waals surface area contributed by atoms with Crippen molar-refractivity contribution in [3.63, 3.8) is 0 Å². The largest absolute Gasteiger partial charge is 0.460 e. The van der Waals surface area contributed by atoms with Crippen molar-refractivity contribution in [1.29, 1.82) is 0 Å². The Hall–Kier alpha value is -2.40. The van der Waals surface area contributed by atoms with Gasteiger partial charge in [0.1, 0.15) is 6.61 Å². The Labute approximate surface area is 126 Å². The zero-order valence-electron chi connectivity index (χ0n) is 11.1. The fourth-order valence-electron chi connectivity index (χ4n) is 1.61. The molecule has 0 spiro atoms. The van der Waals surface area contributed by atoms with Gasteiger partial charge in [-0.1, -0.05) is 17.7 Å². The minimum Gasteiger partial charge on any atom is -0.460 e. The van der Waals surface area contributed by atoms with E-state index in [0.29, 0.717) is 16.1 Å². The zero-order chi connectivity index (χ0) is 15.1. The van der Waals surface area contributed by atoms with E-state index in [1.165, 1.54) is 18.5 Å². The lowest BCUT2D eigenvalue weighted by atomic mass is 10.2. The van der Waals surface area contributed by atoms with Crippen molar-refractivity contribution in [2.24, 2.45) is 0 Å². The number of halogens is 1. The molecule has 1 aromatic carbocycles. The third-order valence-corrected chi connectivity index (χ3v) is 2.86. The number of rotatable bonds is 5. The molecule has 21 heavy (non-hydrogen) atoms. The van der Waals surface area contributed by atoms with Gasteiger partial charge in [0.15, 0.2) is 0 Å². The monoisotopic (exact) mass is 304 g/mol. The van der Waals surface area contributed by atoms with Crippen LogP contribution in [0.1, 0.15) is 20.7 Å². The molecule has 0 unspecified atom stereocenters. The summed E-state index contributed by atoms with van der Waals surface area (Å²) in [4.78, 5) is 27.2. The van der Waals surface area contributed by atoms with E-state index in [4.69, 9.17) is 16.3 Å². The second-order valence-corrected chi connectivity index (χ2v) is 4.57. The van der Waals surface area contributed by atoms with Gasteiger partial charge in [-0.25, -0.2) is 4.79 Å². The number of ether oxygens (including phenoxy) is 1. The summed E-state index contributed by atoms with van der Waals surface area (Å²) in [5.41, 5.74) is 0.883. The first-order chi connectivity index (χ1) is 10.2. The molecule has 0 aliphatic carbocycles. The van der Waals surface area contributed by atoms with Crippen LogP contribution in [0, 0.1) is 0 Å². The van der Waals surface area contributed by atoms with E-state index in [2.05, 4.69) is 10.3 Å². The van der Waals surface area contributed by atoms with E-state index in [0.717, 1.165) is 0 Å². The highest BCUT2D eigenvalue weighted by molar-refractivity contribution is 6.30. The van der Waals surface area contributed by atoms with Gasteiger partial charge >= 0.3 is 5.97 Å². The summed E-state index contributed by atoms with van der Waals surface area (Å²) in [6, 6.07) is 9.70. The van der Waals surface area contributed by atoms with Crippen LogP contribution in [0.5, 0.6) is 0 Å². The topological polar surface area (TPSA) is 68.3 Å². The number of aromatic nitrogens is 1. The van der Waals surface area contributed by atoms with Crippen molar-refractivity contribution in [3.05, 3.63) is 64.9 Å². The third kappa shape index (κ3) is 4.57. The van der Waals surface area contributed by atoms with E-state index in [9.17, 15) is 9.59 Å². The Morgan fingerprint density at radius 2 is 1.90 bits per heavy atom. The average molecular weight is 305 g/mol. The lowest BCUT2D eigenvalue weighted by Crippen LogP contribution is -2.28. The van der Waals surface area contributed by atoms with Gasteiger partial charge in [-0.3, -0.25) is 9.78 Å². The Bertz CT molecular complexity index is 632. The number of hydrogen-bond acceptors (Lipinski definition) is 4. The molecule has 1 heterocycles. The minimum atomic E-state index is -0.476. The van der Waals surface area contributed by atoms with Crippen LogP contribution in [0.3, 0.4) is 0 Å². The molecule has 2 aromatic rings. The second-order valence-electron chi connectivity index (χ2n) is 4.14. The Morgan fingerprint density at radius 3 is 2.62 bits per heavy atom. The first kappa shape index (κ1) is 15.0. The second kappa shape index (κ2) is 7.40. The third-order valence-electron chi connectivity index (χ3n) is 2.62. The van der Waals surface area contributed by atoms with Crippen molar-refractivity contribution in [3.8, 4) is 0 Å². The molecule has 0 saturated heterocycles. The standard InChI is InChI=1S/C15H13ClN2O3/c16-13-3-1-2-12(10-13)15(20)21-9-8-18-14(19)11-4-6-17-7-5-11/h1-7,10H,8-9H2,(H,18,19). The molecule has 0 bridgehead atoms. The molecule has 108 valence electrons. The van der Waals surface area contributed by atoms with Crippen LogP contribution in [0.15, 0.2) is 48.8 Å². The van der Waals surface area contributed by atoms with Crippen molar-refractivity contribution in [1.82, 2.24) is 10.3 Å². The molecular weight excluding hydrogens is 292 g/mol. The van der Waals surface area contributed by atoms with Gasteiger partial charge in [-0.05, 0) is 30.3 Å². The number of esters is 1. The minimum absolute atomic E-state index is 0.0855. The summed E-state index contributed by atoms with van der Waals surface area (Å²) in [6.45, 7) is 0.315. The van der Waals surface area contributed by atoms with Gasteiger partial charge in [0.2, 0.25) is 0 Å². The molecule has 6 heteroatoms. The van der Waals surface area contributed by atoms with Gasteiger partial charge < -0.3 is 10.1 Å². The number of carbonyl (C=O) groups excluding carboxylic acids is 2. The van der Waals surface area contributed by atoms with Gasteiger partial charge in [0, 0.05) is 23.0 Å². The van der Waals surface area contributed by atoms with E-state index in [-0.39, 0.29) is 19.1 Å². The molecule has 1 aromatic heterocycles. The normalized spacial score (nSPS) is 9.95. The van der Waals surface area contributed by atoms with E-state index < -0.39 is 5.97 Å². The summed E-state index contributed by atoms with van der Waals surface area (Å²) in [7, 11) is 0. The van der Waals surface area contributed by atoms with Gasteiger partial charge in [0.25, 0.3) is 5.91 Å². The summed E-state index contributed by atoms with van der Waals surface area (Å²) < 4.78 is 5.04. The number of hydrogen-bond donors (Lipinski definition) is 1. The highest BCUT2D eigenvalue weighted by Gasteiger charge is 2.08. The number of pyridine rings is 1. The van der Waals surface area contributed by atoms with Gasteiger partial charge in [-0.2, -0.15) is 0 Å². The molecule has 0 fully saturated rings. The van der Waals surface area contributed by atoms with Crippen LogP contribution in [-0.2, 0) is 4.74 Å². The van der Waals surface area contributed by atoms with Crippen LogP contribution in [0.25, 0.3) is 0 Å². The van der Waals surface area contributed by atoms with Gasteiger partial charge in [-0.15, -0.1) is 0 Å². The van der Waals surface area contributed by atoms with E-state index >= 15 is 0 Å². The Kier molecular flexibility index (Phi) is 5.29. The van der Waals surface area contributed by atoms with Crippen molar-refractivity contribution in [2.75, 3.05) is 13.2 Å². The van der Waals surface area contributed by atoms with Crippen LogP contribution in [0.4, 0.5) is 0 Å². The molecule has 0 aliphatic heterocycles. The van der Waals surface area contributed by atoms with Crippen LogP contribution < -0.4 is 5.32 Å². The maximum absolute atomic E-state index is 11.7. The Morgan fingerprint density at radius 1 is 1.14 bits per heavy atom. The smallest absolute Gasteiger partial charge is 0.338 e. The predicted octanol–water partition coefficient (Wildman–Crippen LogP) is 2.32. The first-order valence-corrected chi connectivity index (χ1v) is 6.65. The maximum atomic E-state index is 11.7. The van der Waals surface area contributed by atoms with E-state index in [1.54, 1.807) is 30.3 Å². The zero-order valence-corrected chi connectivity index (χ0v) is 11.8. The molecule has 5 nitrogen and oxygen atoms in total. The predicted molar refractivity (Wildman–Crippen MR) is 78.3 cm³/mol. The van der Waals surface area contributed by atoms with Gasteiger partial charge in [0.05, 0.1) is 12.1 Å². The SMILES string of the molecule is O=C(NCCOC(=O)c1cccc(Cl)c1)c1ccncc1. The summed E-state index contributed by atoms with van der Waals surface area (Å²) in [5, 5.41) is 3.12. The highest BCUT2D eigenvalue weighted by Crippen LogP contribution is 2.11. The number of nitrogens with zero attached hydrogens (tertiary/aromatic N) is 1. The van der Waals surface area contributed by atoms with Crippen molar-refractivity contribution in [2.45, 2.75) is 0 Å². The Balaban J connectivity index is 1.75. The summed E-state index contributed by atoms with van der Waals surface area (Å²) in [5.74, 6) is -0.716. The highest BCUT2D eigenvalue weighted by atomic mass is 35.5. The summed E-state index contributed by atoms with van der Waals surface area (Å²) >= 11 is 5.79. The van der Waals surface area contributed by atoms with Crippen LogP contribution in [-0.4, -0.2) is 30.0 Å². The first-order valence-electron chi connectivity index (χ1n) is 6.28. The number of carbonyl (C=O) groups is 2. The summed E-state index contributed by atoms with van der Waals surface area (Å²) in [6.07, 6.45) is 3.07. The van der Waals surface area contributed by atoms with E-state index in [1.807, 2.05) is 0 Å². The number of benzene rings is 1. The molecule has 2 rings (SSSR count). The molecule has 0 atom stereocenters. The molecule has 1 amide bonds. The molecule has 0 aliphatic rings. The van der Waals surface area contributed by atoms with Crippen molar-refractivity contribution < 1.29 is 14.3 Å². The molecular formula is C15H13ClN2O3. The average Bonchev–Trinajstić information content (AvgIpc) is 2.52. The maximum Gasteiger partial charge on any atom is 0.338 e.